The first kappa shape index (κ1) is 34.5. The second-order valence-corrected chi connectivity index (χ2v) is 10.6. The van der Waals surface area contributed by atoms with Crippen LogP contribution in [-0.4, -0.2) is 52.5 Å². The molecule has 2 unspecified atom stereocenters. The number of H-pyrrole nitrogens is 1. The molecule has 46 heavy (non-hydrogen) atoms. The normalized spacial score (nSPS) is 16.6. The average Bonchev–Trinajstić information content (AvgIpc) is 2.99. The number of carbonyl (C=O) groups is 1. The van der Waals surface area contributed by atoms with Crippen molar-refractivity contribution in [3.8, 4) is 5.88 Å². The number of benzene rings is 1. The van der Waals surface area contributed by atoms with Crippen LogP contribution in [0.25, 0.3) is 0 Å². The third kappa shape index (κ3) is 7.71. The van der Waals surface area contributed by atoms with Crippen molar-refractivity contribution in [2.45, 2.75) is 70.4 Å². The van der Waals surface area contributed by atoms with Crippen molar-refractivity contribution >= 4 is 17.7 Å². The summed E-state index contributed by atoms with van der Waals surface area (Å²) in [5.41, 5.74) is -3.31. The highest BCUT2D eigenvalue weighted by molar-refractivity contribution is 5.90. The molecule has 250 valence electrons. The van der Waals surface area contributed by atoms with Gasteiger partial charge in [0.15, 0.2) is 0 Å². The van der Waals surface area contributed by atoms with E-state index in [1.165, 1.54) is 12.0 Å². The lowest BCUT2D eigenvalue weighted by molar-refractivity contribution is -0.143. The maximum absolute atomic E-state index is 13.5. The number of alkyl halides is 6. The second-order valence-electron chi connectivity index (χ2n) is 10.6. The van der Waals surface area contributed by atoms with E-state index in [1.54, 1.807) is 19.1 Å². The number of rotatable bonds is 10. The number of halogens is 6. The fourth-order valence-electron chi connectivity index (χ4n) is 5.38. The molecular weight excluding hydrogens is 624 g/mol. The van der Waals surface area contributed by atoms with E-state index in [9.17, 15) is 41.0 Å². The van der Waals surface area contributed by atoms with E-state index in [-0.39, 0.29) is 73.2 Å². The van der Waals surface area contributed by atoms with Crippen molar-refractivity contribution in [1.82, 2.24) is 15.0 Å². The number of pyridine rings is 1. The number of aliphatic hydroxyl groups is 1. The van der Waals surface area contributed by atoms with Gasteiger partial charge in [0.2, 0.25) is 11.8 Å². The van der Waals surface area contributed by atoms with Gasteiger partial charge in [-0.2, -0.15) is 26.3 Å². The molecule has 0 aliphatic carbocycles. The highest BCUT2D eigenvalue weighted by Gasteiger charge is 2.39. The summed E-state index contributed by atoms with van der Waals surface area (Å²) >= 11 is 0. The number of aliphatic hydroxyl groups excluding tert-OH is 1. The molecule has 1 amide bonds. The first-order valence-electron chi connectivity index (χ1n) is 14.5. The summed E-state index contributed by atoms with van der Waals surface area (Å²) in [5.74, 6) is 0.117. The third-order valence-electron chi connectivity index (χ3n) is 7.50. The first-order valence-corrected chi connectivity index (χ1v) is 14.5. The summed E-state index contributed by atoms with van der Waals surface area (Å²) in [5, 5.41) is 12.4. The lowest BCUT2D eigenvalue weighted by atomic mass is 9.93. The van der Waals surface area contributed by atoms with Gasteiger partial charge in [0.05, 0.1) is 48.0 Å². The lowest BCUT2D eigenvalue weighted by Gasteiger charge is -2.39. The highest BCUT2D eigenvalue weighted by Crippen LogP contribution is 2.40. The van der Waals surface area contributed by atoms with Gasteiger partial charge >= 0.3 is 18.4 Å². The third-order valence-corrected chi connectivity index (χ3v) is 7.50. The number of methoxy groups -OCH3 is 1. The second kappa shape index (κ2) is 14.0. The fraction of sp³-hybridized carbons (Fsp3) is 0.467. The van der Waals surface area contributed by atoms with Gasteiger partial charge < -0.3 is 19.9 Å². The molecule has 1 aliphatic heterocycles. The molecule has 0 saturated carbocycles. The van der Waals surface area contributed by atoms with E-state index in [0.29, 0.717) is 29.9 Å². The van der Waals surface area contributed by atoms with E-state index >= 15 is 0 Å². The molecule has 2 atom stereocenters. The number of anilines is 2. The van der Waals surface area contributed by atoms with Crippen molar-refractivity contribution in [2.24, 2.45) is 0 Å². The quantitative estimate of drug-likeness (QED) is 0.226. The Labute approximate surface area is 259 Å². The summed E-state index contributed by atoms with van der Waals surface area (Å²) in [4.78, 5) is 39.2. The molecule has 1 aromatic carbocycles. The minimum Gasteiger partial charge on any atom is -0.481 e. The van der Waals surface area contributed by atoms with Gasteiger partial charge in [0.1, 0.15) is 0 Å². The summed E-state index contributed by atoms with van der Waals surface area (Å²) in [6.45, 7) is 3.36. The monoisotopic (exact) mass is 657 g/mol. The summed E-state index contributed by atoms with van der Waals surface area (Å²) in [6, 6.07) is 3.37. The molecule has 2 aromatic heterocycles. The Bertz CT molecular complexity index is 1580. The SMILES string of the molecule is CCOC(=O)N1c2ccc(OC)nc2C(Nc2nc(Cc3cc(C(F)(F)F)cc(C(F)(F)F)c3)c(CCCO)c(=O)[nH]2)CC1CC. The molecule has 3 N–H and O–H groups in total. The summed E-state index contributed by atoms with van der Waals surface area (Å²) < 4.78 is 91.8. The molecule has 0 spiro atoms. The summed E-state index contributed by atoms with van der Waals surface area (Å²) in [7, 11) is 1.41. The standard InChI is InChI=1S/C30H33F6N5O5/c1-4-19-15-22(25-23(8-9-24(39-25)45-3)41(19)28(44)46-5-2)38-27-37-21(20(7-6-10-42)26(43)40-27)13-16-11-17(29(31,32)33)14-18(12-16)30(34,35)36/h8-9,11-12,14,19,22,42H,4-7,10,13,15H2,1-3H3,(H2,37,38,40,43). The van der Waals surface area contributed by atoms with Crippen molar-refractivity contribution < 1.29 is 45.7 Å². The first-order chi connectivity index (χ1) is 21.7. The van der Waals surface area contributed by atoms with Gasteiger partial charge in [-0.25, -0.2) is 14.8 Å². The van der Waals surface area contributed by atoms with Crippen LogP contribution in [0.15, 0.2) is 35.1 Å². The molecule has 16 heteroatoms. The molecule has 0 bridgehead atoms. The molecule has 3 aromatic rings. The zero-order chi connectivity index (χ0) is 33.8. The van der Waals surface area contributed by atoms with Gasteiger partial charge in [0.25, 0.3) is 5.56 Å². The number of aromatic amines is 1. The van der Waals surface area contributed by atoms with Crippen molar-refractivity contribution in [1.29, 1.82) is 0 Å². The zero-order valence-corrected chi connectivity index (χ0v) is 25.2. The Morgan fingerprint density at radius 2 is 1.76 bits per heavy atom. The van der Waals surface area contributed by atoms with E-state index in [2.05, 4.69) is 20.3 Å². The highest BCUT2D eigenvalue weighted by atomic mass is 19.4. The molecule has 4 rings (SSSR count). The molecule has 3 heterocycles. The van der Waals surface area contributed by atoms with Crippen LogP contribution in [0.5, 0.6) is 5.88 Å². The number of aromatic nitrogens is 3. The van der Waals surface area contributed by atoms with Crippen LogP contribution >= 0.6 is 0 Å². The number of amides is 1. The molecule has 10 nitrogen and oxygen atoms in total. The van der Waals surface area contributed by atoms with Crippen LogP contribution in [0.3, 0.4) is 0 Å². The number of hydrogen-bond acceptors (Lipinski definition) is 8. The van der Waals surface area contributed by atoms with Crippen molar-refractivity contribution in [2.75, 3.05) is 30.5 Å². The molecule has 0 radical (unpaired) electrons. The Balaban J connectivity index is 1.79. The Morgan fingerprint density at radius 3 is 2.33 bits per heavy atom. The Morgan fingerprint density at radius 1 is 1.09 bits per heavy atom. The van der Waals surface area contributed by atoms with Gasteiger partial charge in [-0.05, 0) is 62.4 Å². The zero-order valence-electron chi connectivity index (χ0n) is 25.2. The maximum Gasteiger partial charge on any atom is 0.416 e. The average molecular weight is 658 g/mol. The van der Waals surface area contributed by atoms with Crippen LogP contribution < -0.4 is 20.5 Å². The van der Waals surface area contributed by atoms with E-state index in [4.69, 9.17) is 9.47 Å². The topological polar surface area (TPSA) is 130 Å². The van der Waals surface area contributed by atoms with E-state index < -0.39 is 47.6 Å². The lowest BCUT2D eigenvalue weighted by Crippen LogP contribution is -2.46. The number of nitrogens with zero attached hydrogens (tertiary/aromatic N) is 3. The Hall–Kier alpha value is -4.34. The van der Waals surface area contributed by atoms with E-state index in [0.717, 1.165) is 0 Å². The Kier molecular flexibility index (Phi) is 10.5. The van der Waals surface area contributed by atoms with Gasteiger partial charge in [-0.15, -0.1) is 0 Å². The van der Waals surface area contributed by atoms with Gasteiger partial charge in [0, 0.05) is 30.7 Å². The predicted octanol–water partition coefficient (Wildman–Crippen LogP) is 6.03. The largest absolute Gasteiger partial charge is 0.481 e. The van der Waals surface area contributed by atoms with Crippen molar-refractivity contribution in [3.63, 3.8) is 0 Å². The summed E-state index contributed by atoms with van der Waals surface area (Å²) in [6.07, 6.45) is -10.4. The van der Waals surface area contributed by atoms with Gasteiger partial charge in [-0.3, -0.25) is 14.7 Å². The molecule has 1 aliphatic rings. The smallest absolute Gasteiger partial charge is 0.416 e. The fourth-order valence-corrected chi connectivity index (χ4v) is 5.38. The minimum atomic E-state index is -5.06. The van der Waals surface area contributed by atoms with Crippen LogP contribution in [-0.2, 0) is 29.9 Å². The molecule has 0 fully saturated rings. The number of hydrogen-bond donors (Lipinski definition) is 3. The predicted molar refractivity (Wildman–Crippen MR) is 155 cm³/mol. The number of ether oxygens (including phenoxy) is 2. The minimum absolute atomic E-state index is 0.00864. The van der Waals surface area contributed by atoms with Crippen LogP contribution in [0.1, 0.15) is 72.8 Å². The van der Waals surface area contributed by atoms with E-state index in [1.807, 2.05) is 6.92 Å². The number of fused-ring (bicyclic) bond motifs is 1. The maximum atomic E-state index is 13.5. The molecule has 0 saturated heterocycles. The van der Waals surface area contributed by atoms with Crippen molar-refractivity contribution in [3.05, 3.63) is 74.3 Å². The van der Waals surface area contributed by atoms with Crippen LogP contribution in [0.2, 0.25) is 0 Å². The van der Waals surface area contributed by atoms with Gasteiger partial charge in [-0.1, -0.05) is 6.92 Å². The van der Waals surface area contributed by atoms with Crippen LogP contribution in [0.4, 0.5) is 42.8 Å². The number of nitrogens with one attached hydrogen (secondary N) is 2. The molecular formula is C30H33F6N5O5. The van der Waals surface area contributed by atoms with Crippen LogP contribution in [0, 0.1) is 0 Å². The number of carbonyl (C=O) groups excluding carboxylic acids is 1.